The van der Waals surface area contributed by atoms with Crippen molar-refractivity contribution in [1.82, 2.24) is 0 Å². The fourth-order valence-corrected chi connectivity index (χ4v) is 2.19. The van der Waals surface area contributed by atoms with Gasteiger partial charge in [0.05, 0.1) is 19.1 Å². The first-order valence-corrected chi connectivity index (χ1v) is 7.52. The number of nitrogens with zero attached hydrogens (tertiary/aromatic N) is 1. The van der Waals surface area contributed by atoms with Crippen LogP contribution in [-0.2, 0) is 6.42 Å². The van der Waals surface area contributed by atoms with Crippen LogP contribution in [0.1, 0.15) is 31.7 Å². The van der Waals surface area contributed by atoms with Gasteiger partial charge in [-0.3, -0.25) is 0 Å². The van der Waals surface area contributed by atoms with Crippen LogP contribution in [0, 0.1) is 11.3 Å². The van der Waals surface area contributed by atoms with Gasteiger partial charge in [-0.25, -0.2) is 0 Å². The molecule has 0 saturated heterocycles. The summed E-state index contributed by atoms with van der Waals surface area (Å²) in [6.07, 6.45) is 4.00. The molecule has 0 spiro atoms. The molecule has 0 unspecified atom stereocenters. The summed E-state index contributed by atoms with van der Waals surface area (Å²) in [5.41, 5.74) is 3.38. The minimum atomic E-state index is 0.463. The van der Waals surface area contributed by atoms with Crippen LogP contribution in [0.2, 0.25) is 0 Å². The zero-order valence-corrected chi connectivity index (χ0v) is 12.5. The number of hydrogen-bond donors (Lipinski definition) is 0. The second-order valence-corrected chi connectivity index (χ2v) is 5.11. The Morgan fingerprint density at radius 3 is 2.10 bits per heavy atom. The lowest BCUT2D eigenvalue weighted by atomic mass is 10.0. The van der Waals surface area contributed by atoms with E-state index in [0.29, 0.717) is 6.42 Å². The van der Waals surface area contributed by atoms with E-state index in [1.807, 2.05) is 24.3 Å². The van der Waals surface area contributed by atoms with Crippen molar-refractivity contribution in [3.8, 4) is 22.9 Å². The van der Waals surface area contributed by atoms with Gasteiger partial charge in [0.25, 0.3) is 0 Å². The van der Waals surface area contributed by atoms with Gasteiger partial charge >= 0.3 is 0 Å². The van der Waals surface area contributed by atoms with Crippen molar-refractivity contribution in [2.45, 2.75) is 32.6 Å². The van der Waals surface area contributed by atoms with Crippen LogP contribution in [0.25, 0.3) is 11.1 Å². The topological polar surface area (TPSA) is 33.0 Å². The summed E-state index contributed by atoms with van der Waals surface area (Å²) in [7, 11) is 0. The number of nitriles is 1. The molecule has 0 aliphatic heterocycles. The molecule has 2 heteroatoms. The molecule has 2 nitrogen and oxygen atoms in total. The van der Waals surface area contributed by atoms with Crippen molar-refractivity contribution in [2.24, 2.45) is 0 Å². The molecule has 0 saturated carbocycles. The monoisotopic (exact) mass is 279 g/mol. The van der Waals surface area contributed by atoms with E-state index in [4.69, 9.17) is 10.00 Å². The predicted molar refractivity (Wildman–Crippen MR) is 86.2 cm³/mol. The average molecular weight is 279 g/mol. The summed E-state index contributed by atoms with van der Waals surface area (Å²) in [6, 6.07) is 18.5. The molecule has 0 bridgehead atoms. The highest BCUT2D eigenvalue weighted by molar-refractivity contribution is 5.64. The Hall–Kier alpha value is -2.27. The van der Waals surface area contributed by atoms with Crippen LogP contribution < -0.4 is 4.74 Å². The van der Waals surface area contributed by atoms with Gasteiger partial charge in [0.15, 0.2) is 0 Å². The highest BCUT2D eigenvalue weighted by Crippen LogP contribution is 2.23. The third-order valence-corrected chi connectivity index (χ3v) is 3.44. The molecular weight excluding hydrogens is 258 g/mol. The Morgan fingerprint density at radius 1 is 0.905 bits per heavy atom. The van der Waals surface area contributed by atoms with Crippen molar-refractivity contribution in [3.63, 3.8) is 0 Å². The molecule has 0 N–H and O–H groups in total. The summed E-state index contributed by atoms with van der Waals surface area (Å²) in [5, 5.41) is 8.68. The van der Waals surface area contributed by atoms with E-state index in [1.165, 1.54) is 18.4 Å². The van der Waals surface area contributed by atoms with Crippen LogP contribution in [0.5, 0.6) is 5.75 Å². The summed E-state index contributed by atoms with van der Waals surface area (Å²) >= 11 is 0. The molecule has 0 fully saturated rings. The van der Waals surface area contributed by atoms with E-state index in [-0.39, 0.29) is 0 Å². The second kappa shape index (κ2) is 8.11. The fourth-order valence-electron chi connectivity index (χ4n) is 2.19. The van der Waals surface area contributed by atoms with Crippen LogP contribution >= 0.6 is 0 Å². The van der Waals surface area contributed by atoms with Crippen LogP contribution in [0.3, 0.4) is 0 Å². The van der Waals surface area contributed by atoms with Crippen molar-refractivity contribution >= 4 is 0 Å². The lowest BCUT2D eigenvalue weighted by molar-refractivity contribution is 0.306. The Labute approximate surface area is 127 Å². The van der Waals surface area contributed by atoms with Crippen molar-refractivity contribution < 1.29 is 4.74 Å². The Balaban J connectivity index is 1.96. The molecule has 2 aromatic rings. The molecular formula is C19H21NO. The highest BCUT2D eigenvalue weighted by atomic mass is 16.5. The molecule has 0 aromatic heterocycles. The summed E-state index contributed by atoms with van der Waals surface area (Å²) in [4.78, 5) is 0. The Bertz CT molecular complexity index is 578. The maximum atomic E-state index is 8.68. The van der Waals surface area contributed by atoms with Gasteiger partial charge in [0.2, 0.25) is 0 Å². The Kier molecular flexibility index (Phi) is 5.84. The highest BCUT2D eigenvalue weighted by Gasteiger charge is 2.00. The van der Waals surface area contributed by atoms with Gasteiger partial charge in [-0.15, -0.1) is 0 Å². The normalized spacial score (nSPS) is 10.1. The third-order valence-electron chi connectivity index (χ3n) is 3.44. The Morgan fingerprint density at radius 2 is 1.52 bits per heavy atom. The first-order valence-electron chi connectivity index (χ1n) is 7.52. The summed E-state index contributed by atoms with van der Waals surface area (Å²) in [6.45, 7) is 2.98. The first kappa shape index (κ1) is 15.1. The molecule has 2 aromatic carbocycles. The lowest BCUT2D eigenvalue weighted by Gasteiger charge is -2.07. The van der Waals surface area contributed by atoms with E-state index in [1.54, 1.807) is 0 Å². The fraction of sp³-hybridized carbons (Fsp3) is 0.316. The quantitative estimate of drug-likeness (QED) is 0.669. The van der Waals surface area contributed by atoms with Gasteiger partial charge in [-0.05, 0) is 35.2 Å². The van der Waals surface area contributed by atoms with Crippen LogP contribution in [0.15, 0.2) is 48.5 Å². The molecule has 108 valence electrons. The summed E-state index contributed by atoms with van der Waals surface area (Å²) < 4.78 is 5.71. The number of unbranched alkanes of at least 4 members (excludes halogenated alkanes) is 2. The number of ether oxygens (including phenoxy) is 1. The van der Waals surface area contributed by atoms with Gasteiger partial charge < -0.3 is 4.74 Å². The van der Waals surface area contributed by atoms with Gasteiger partial charge in [0.1, 0.15) is 5.75 Å². The molecule has 21 heavy (non-hydrogen) atoms. The zero-order valence-electron chi connectivity index (χ0n) is 12.5. The minimum absolute atomic E-state index is 0.463. The molecule has 0 aliphatic rings. The number of benzene rings is 2. The maximum Gasteiger partial charge on any atom is 0.119 e. The largest absolute Gasteiger partial charge is 0.494 e. The first-order chi connectivity index (χ1) is 10.3. The molecule has 0 atom stereocenters. The predicted octanol–water partition coefficient (Wildman–Crippen LogP) is 4.99. The van der Waals surface area contributed by atoms with Gasteiger partial charge in [-0.1, -0.05) is 56.2 Å². The molecule has 0 amide bonds. The molecule has 0 radical (unpaired) electrons. The zero-order chi connectivity index (χ0) is 14.9. The minimum Gasteiger partial charge on any atom is -0.494 e. The van der Waals surface area contributed by atoms with Crippen LogP contribution in [0.4, 0.5) is 0 Å². The average Bonchev–Trinajstić information content (AvgIpc) is 2.53. The van der Waals surface area contributed by atoms with Gasteiger partial charge in [0, 0.05) is 0 Å². The second-order valence-electron chi connectivity index (χ2n) is 5.11. The van der Waals surface area contributed by atoms with E-state index >= 15 is 0 Å². The van der Waals surface area contributed by atoms with Crippen molar-refractivity contribution in [2.75, 3.05) is 6.61 Å². The smallest absolute Gasteiger partial charge is 0.119 e. The molecule has 2 rings (SSSR count). The van der Waals surface area contributed by atoms with E-state index < -0.39 is 0 Å². The van der Waals surface area contributed by atoms with Crippen LogP contribution in [-0.4, -0.2) is 6.61 Å². The lowest BCUT2D eigenvalue weighted by Crippen LogP contribution is -1.96. The van der Waals surface area contributed by atoms with Crippen molar-refractivity contribution in [3.05, 3.63) is 54.1 Å². The van der Waals surface area contributed by atoms with E-state index in [2.05, 4.69) is 37.3 Å². The SMILES string of the molecule is CCCCCOc1ccc(-c2ccc(CC#N)cc2)cc1. The molecule has 0 aliphatic carbocycles. The summed E-state index contributed by atoms with van der Waals surface area (Å²) in [5.74, 6) is 0.927. The van der Waals surface area contributed by atoms with E-state index in [0.717, 1.165) is 29.9 Å². The standard InChI is InChI=1S/C19H21NO/c1-2-3-4-15-21-19-11-9-18(10-12-19)17-7-5-16(6-8-17)13-14-20/h5-12H,2-4,13,15H2,1H3. The maximum absolute atomic E-state index is 8.68. The van der Waals surface area contributed by atoms with Gasteiger partial charge in [-0.2, -0.15) is 5.26 Å². The van der Waals surface area contributed by atoms with Crippen molar-refractivity contribution in [1.29, 1.82) is 5.26 Å². The number of rotatable bonds is 7. The number of hydrogen-bond acceptors (Lipinski definition) is 2. The molecule has 0 heterocycles. The van der Waals surface area contributed by atoms with E-state index in [9.17, 15) is 0 Å². The third kappa shape index (κ3) is 4.65.